The second-order valence-corrected chi connectivity index (χ2v) is 5.24. The van der Waals surface area contributed by atoms with Crippen molar-refractivity contribution in [3.63, 3.8) is 0 Å². The molecule has 0 radical (unpaired) electrons. The summed E-state index contributed by atoms with van der Waals surface area (Å²) in [6.07, 6.45) is 4.14. The minimum Gasteiger partial charge on any atom is -0.349 e. The Kier molecular flexibility index (Phi) is 3.18. The predicted octanol–water partition coefficient (Wildman–Crippen LogP) is 2.67. The molecule has 1 aromatic heterocycles. The van der Waals surface area contributed by atoms with Gasteiger partial charge in [0.25, 0.3) is 0 Å². The molecular weight excluding hydrogens is 304 g/mol. The van der Waals surface area contributed by atoms with Crippen LogP contribution in [0.3, 0.4) is 0 Å². The van der Waals surface area contributed by atoms with E-state index in [1.807, 2.05) is 6.07 Å². The fraction of sp³-hybridized carbons (Fsp3) is 0.214. The highest BCUT2D eigenvalue weighted by Gasteiger charge is 2.21. The fourth-order valence-electron chi connectivity index (χ4n) is 2.36. The molecule has 0 saturated carbocycles. The lowest BCUT2D eigenvalue weighted by Gasteiger charge is -2.30. The minimum absolute atomic E-state index is 0.387. The van der Waals surface area contributed by atoms with Crippen LogP contribution in [0.2, 0.25) is 0 Å². The number of halogens is 1. The molecule has 3 rings (SSSR count). The van der Waals surface area contributed by atoms with Gasteiger partial charge >= 0.3 is 0 Å². The van der Waals surface area contributed by atoms with Crippen LogP contribution in [0.4, 0.5) is 5.82 Å². The third kappa shape index (κ3) is 2.20. The second-order valence-electron chi connectivity index (χ2n) is 4.39. The highest BCUT2D eigenvalue weighted by Crippen LogP contribution is 2.29. The van der Waals surface area contributed by atoms with Gasteiger partial charge in [0.2, 0.25) is 0 Å². The standard InChI is InChI=1S/C14H11BrN4/c15-12-3-1-2-10-4-7-19(9-11(10)12)14-13(8-16)17-5-6-18-14/h1-3,5-6H,4,7,9H2. The quantitative estimate of drug-likeness (QED) is 0.812. The molecule has 4 nitrogen and oxygen atoms in total. The van der Waals surface area contributed by atoms with Crippen molar-refractivity contribution in [2.75, 3.05) is 11.4 Å². The summed E-state index contributed by atoms with van der Waals surface area (Å²) in [4.78, 5) is 10.5. The molecule has 0 spiro atoms. The highest BCUT2D eigenvalue weighted by molar-refractivity contribution is 9.10. The maximum atomic E-state index is 9.11. The molecule has 0 aliphatic carbocycles. The molecule has 2 aromatic rings. The van der Waals surface area contributed by atoms with Gasteiger partial charge in [-0.25, -0.2) is 9.97 Å². The van der Waals surface area contributed by atoms with Gasteiger partial charge in [0.1, 0.15) is 6.07 Å². The zero-order valence-corrected chi connectivity index (χ0v) is 11.8. The molecule has 1 aliphatic rings. The molecule has 19 heavy (non-hydrogen) atoms. The lowest BCUT2D eigenvalue weighted by atomic mass is 10.00. The average Bonchev–Trinajstić information content (AvgIpc) is 2.47. The van der Waals surface area contributed by atoms with E-state index in [1.54, 1.807) is 12.4 Å². The number of rotatable bonds is 1. The first-order valence-electron chi connectivity index (χ1n) is 6.02. The third-order valence-electron chi connectivity index (χ3n) is 3.30. The van der Waals surface area contributed by atoms with E-state index >= 15 is 0 Å². The molecule has 0 atom stereocenters. The number of nitriles is 1. The van der Waals surface area contributed by atoms with Crippen LogP contribution in [0, 0.1) is 11.3 Å². The molecule has 0 saturated heterocycles. The van der Waals surface area contributed by atoms with Crippen LogP contribution in [0.1, 0.15) is 16.8 Å². The summed E-state index contributed by atoms with van der Waals surface area (Å²) >= 11 is 3.59. The van der Waals surface area contributed by atoms with Crippen LogP contribution in [-0.2, 0) is 13.0 Å². The Labute approximate surface area is 119 Å². The molecule has 1 aliphatic heterocycles. The Morgan fingerprint density at radius 1 is 1.26 bits per heavy atom. The lowest BCUT2D eigenvalue weighted by molar-refractivity contribution is 0.714. The zero-order chi connectivity index (χ0) is 13.2. The van der Waals surface area contributed by atoms with Crippen molar-refractivity contribution in [2.45, 2.75) is 13.0 Å². The Hall–Kier alpha value is -1.93. The Morgan fingerprint density at radius 2 is 2.11 bits per heavy atom. The van der Waals surface area contributed by atoms with Crippen molar-refractivity contribution in [3.05, 3.63) is 51.9 Å². The van der Waals surface area contributed by atoms with Crippen LogP contribution in [0.15, 0.2) is 35.1 Å². The lowest BCUT2D eigenvalue weighted by Crippen LogP contribution is -2.32. The van der Waals surface area contributed by atoms with Gasteiger partial charge in [-0.3, -0.25) is 0 Å². The van der Waals surface area contributed by atoms with E-state index in [2.05, 4.69) is 49.0 Å². The van der Waals surface area contributed by atoms with Crippen LogP contribution >= 0.6 is 15.9 Å². The summed E-state index contributed by atoms with van der Waals surface area (Å²) in [5, 5.41) is 9.11. The van der Waals surface area contributed by atoms with Gasteiger partial charge in [-0.1, -0.05) is 28.1 Å². The highest BCUT2D eigenvalue weighted by atomic mass is 79.9. The summed E-state index contributed by atoms with van der Waals surface area (Å²) in [7, 11) is 0. The number of nitrogens with zero attached hydrogens (tertiary/aromatic N) is 4. The number of benzene rings is 1. The van der Waals surface area contributed by atoms with Crippen molar-refractivity contribution < 1.29 is 0 Å². The molecule has 0 unspecified atom stereocenters. The number of hydrogen-bond donors (Lipinski definition) is 0. The van der Waals surface area contributed by atoms with E-state index in [4.69, 9.17) is 5.26 Å². The molecule has 0 N–H and O–H groups in total. The van der Waals surface area contributed by atoms with E-state index in [0.29, 0.717) is 11.5 Å². The third-order valence-corrected chi connectivity index (χ3v) is 4.04. The molecule has 0 bridgehead atoms. The molecule has 2 heterocycles. The second kappa shape index (κ2) is 4.98. The van der Waals surface area contributed by atoms with E-state index in [9.17, 15) is 0 Å². The number of aromatic nitrogens is 2. The monoisotopic (exact) mass is 314 g/mol. The van der Waals surface area contributed by atoms with Crippen LogP contribution < -0.4 is 4.90 Å². The molecule has 1 aromatic carbocycles. The summed E-state index contributed by atoms with van der Waals surface area (Å²) in [5.74, 6) is 0.673. The maximum Gasteiger partial charge on any atom is 0.183 e. The van der Waals surface area contributed by atoms with Gasteiger partial charge in [-0.15, -0.1) is 0 Å². The van der Waals surface area contributed by atoms with Crippen LogP contribution in [0.25, 0.3) is 0 Å². The molecule has 5 heteroatoms. The summed E-state index contributed by atoms with van der Waals surface area (Å²) in [6, 6.07) is 8.36. The van der Waals surface area contributed by atoms with Crippen molar-refractivity contribution in [1.82, 2.24) is 9.97 Å². The number of fused-ring (bicyclic) bond motifs is 1. The van der Waals surface area contributed by atoms with Crippen molar-refractivity contribution in [2.24, 2.45) is 0 Å². The first-order chi connectivity index (χ1) is 9.29. The van der Waals surface area contributed by atoms with Gasteiger partial charge in [-0.05, 0) is 23.6 Å². The topological polar surface area (TPSA) is 52.8 Å². The van der Waals surface area contributed by atoms with E-state index in [1.165, 1.54) is 11.1 Å². The van der Waals surface area contributed by atoms with Gasteiger partial charge in [0, 0.05) is 30.0 Å². The average molecular weight is 315 g/mol. The van der Waals surface area contributed by atoms with E-state index < -0.39 is 0 Å². The van der Waals surface area contributed by atoms with Gasteiger partial charge in [0.15, 0.2) is 11.5 Å². The van der Waals surface area contributed by atoms with Gasteiger partial charge < -0.3 is 4.90 Å². The van der Waals surface area contributed by atoms with Crippen molar-refractivity contribution >= 4 is 21.7 Å². The minimum atomic E-state index is 0.387. The largest absolute Gasteiger partial charge is 0.349 e. The summed E-state index contributed by atoms with van der Waals surface area (Å²) in [6.45, 7) is 1.61. The van der Waals surface area contributed by atoms with E-state index in [-0.39, 0.29) is 0 Å². The molecular formula is C14H11BrN4. The number of anilines is 1. The first kappa shape index (κ1) is 12.1. The SMILES string of the molecule is N#Cc1nccnc1N1CCc2cccc(Br)c2C1. The van der Waals surface area contributed by atoms with Crippen LogP contribution in [-0.4, -0.2) is 16.5 Å². The molecule has 0 fully saturated rings. The summed E-state index contributed by atoms with van der Waals surface area (Å²) < 4.78 is 1.11. The Bertz CT molecular complexity index is 663. The molecule has 94 valence electrons. The zero-order valence-electron chi connectivity index (χ0n) is 10.2. The van der Waals surface area contributed by atoms with Crippen LogP contribution in [0.5, 0.6) is 0 Å². The van der Waals surface area contributed by atoms with Crippen molar-refractivity contribution in [3.8, 4) is 6.07 Å². The molecule has 0 amide bonds. The Balaban J connectivity index is 1.98. The maximum absolute atomic E-state index is 9.11. The van der Waals surface area contributed by atoms with Gasteiger partial charge in [0.05, 0.1) is 0 Å². The van der Waals surface area contributed by atoms with Gasteiger partial charge in [-0.2, -0.15) is 5.26 Å². The smallest absolute Gasteiger partial charge is 0.183 e. The Morgan fingerprint density at radius 3 is 2.95 bits per heavy atom. The first-order valence-corrected chi connectivity index (χ1v) is 6.81. The van der Waals surface area contributed by atoms with Crippen molar-refractivity contribution in [1.29, 1.82) is 5.26 Å². The number of hydrogen-bond acceptors (Lipinski definition) is 4. The fourth-order valence-corrected chi connectivity index (χ4v) is 2.89. The normalized spacial score (nSPS) is 13.8. The predicted molar refractivity (Wildman–Crippen MR) is 75.6 cm³/mol. The van der Waals surface area contributed by atoms with E-state index in [0.717, 1.165) is 24.0 Å². The summed E-state index contributed by atoms with van der Waals surface area (Å²) in [5.41, 5.74) is 3.01.